The van der Waals surface area contributed by atoms with E-state index in [1.807, 2.05) is 6.92 Å². The molecule has 0 amide bonds. The Balaban J connectivity index is 2.32. The summed E-state index contributed by atoms with van der Waals surface area (Å²) >= 11 is 0. The van der Waals surface area contributed by atoms with E-state index in [0.717, 1.165) is 0 Å². The van der Waals surface area contributed by atoms with Crippen molar-refractivity contribution in [2.45, 2.75) is 6.92 Å². The molecule has 20 heavy (non-hydrogen) atoms. The first kappa shape index (κ1) is 13.9. The van der Waals surface area contributed by atoms with Crippen LogP contribution in [-0.4, -0.2) is 16.5 Å². The van der Waals surface area contributed by atoms with Gasteiger partial charge in [0.1, 0.15) is 17.5 Å². The normalized spacial score (nSPS) is 10.4. The topological polar surface area (TPSA) is 75.9 Å². The zero-order chi connectivity index (χ0) is 14.7. The van der Waals surface area contributed by atoms with Gasteiger partial charge < -0.3 is 16.4 Å². The van der Waals surface area contributed by atoms with Gasteiger partial charge in [0, 0.05) is 24.7 Å². The highest BCUT2D eigenvalue weighted by molar-refractivity contribution is 5.61. The number of nitrogens with two attached hydrogens (primary N) is 1. The monoisotopic (exact) mass is 283 g/mol. The number of nitrogen functional groups attached to an aromatic ring is 1. The molecule has 0 bridgehead atoms. The second-order valence-corrected chi connectivity index (χ2v) is 3.90. The van der Waals surface area contributed by atoms with Gasteiger partial charge in [-0.3, -0.25) is 0 Å². The Hall–Kier alpha value is -2.51. The van der Waals surface area contributed by atoms with Gasteiger partial charge >= 0.3 is 0 Å². The molecule has 0 fully saturated rings. The highest BCUT2D eigenvalue weighted by atomic mass is 19.2. The average molecular weight is 283 g/mol. The number of nitrogens with one attached hydrogen (secondary N) is 2. The van der Waals surface area contributed by atoms with Crippen LogP contribution in [0.1, 0.15) is 6.92 Å². The predicted octanol–water partition coefficient (Wildman–Crippen LogP) is 2.65. The van der Waals surface area contributed by atoms with Crippen LogP contribution in [-0.2, 0) is 0 Å². The van der Waals surface area contributed by atoms with E-state index >= 15 is 0 Å². The second kappa shape index (κ2) is 5.64. The molecular weight excluding hydrogens is 271 g/mol. The van der Waals surface area contributed by atoms with Crippen LogP contribution in [0.25, 0.3) is 0 Å². The fourth-order valence-electron chi connectivity index (χ4n) is 1.56. The minimum absolute atomic E-state index is 0.0334. The van der Waals surface area contributed by atoms with E-state index < -0.39 is 17.5 Å². The summed E-state index contributed by atoms with van der Waals surface area (Å²) in [6.07, 6.45) is 0. The molecule has 0 saturated heterocycles. The van der Waals surface area contributed by atoms with E-state index in [1.165, 1.54) is 6.07 Å². The first-order valence-corrected chi connectivity index (χ1v) is 5.79. The smallest absolute Gasteiger partial charge is 0.223 e. The van der Waals surface area contributed by atoms with Crippen molar-refractivity contribution >= 4 is 23.3 Å². The summed E-state index contributed by atoms with van der Waals surface area (Å²) in [5.74, 6) is -2.80. The van der Waals surface area contributed by atoms with E-state index in [9.17, 15) is 13.2 Å². The van der Waals surface area contributed by atoms with E-state index in [-0.39, 0.29) is 17.5 Å². The largest absolute Gasteiger partial charge is 0.370 e. The van der Waals surface area contributed by atoms with Crippen molar-refractivity contribution in [2.24, 2.45) is 0 Å². The molecule has 5 nitrogen and oxygen atoms in total. The van der Waals surface area contributed by atoms with Gasteiger partial charge in [-0.15, -0.1) is 0 Å². The minimum atomic E-state index is -1.26. The average Bonchev–Trinajstić information content (AvgIpc) is 2.35. The lowest BCUT2D eigenvalue weighted by Crippen LogP contribution is -2.06. The van der Waals surface area contributed by atoms with Crippen LogP contribution in [0.3, 0.4) is 0 Å². The molecule has 1 aromatic carbocycles. The van der Waals surface area contributed by atoms with Crippen molar-refractivity contribution in [3.05, 3.63) is 35.7 Å². The summed E-state index contributed by atoms with van der Waals surface area (Å²) in [4.78, 5) is 7.74. The van der Waals surface area contributed by atoms with Crippen molar-refractivity contribution in [1.29, 1.82) is 0 Å². The molecule has 106 valence electrons. The first-order chi connectivity index (χ1) is 9.49. The van der Waals surface area contributed by atoms with Crippen LogP contribution in [0.15, 0.2) is 18.2 Å². The third-order valence-electron chi connectivity index (χ3n) is 2.37. The lowest BCUT2D eigenvalue weighted by Gasteiger charge is -2.10. The van der Waals surface area contributed by atoms with Gasteiger partial charge in [-0.05, 0) is 6.92 Å². The van der Waals surface area contributed by atoms with E-state index in [1.54, 1.807) is 0 Å². The fourth-order valence-corrected chi connectivity index (χ4v) is 1.56. The van der Waals surface area contributed by atoms with Gasteiger partial charge in [-0.2, -0.15) is 9.97 Å². The van der Waals surface area contributed by atoms with Crippen LogP contribution in [0.4, 0.5) is 36.4 Å². The van der Waals surface area contributed by atoms with E-state index in [0.29, 0.717) is 24.5 Å². The molecule has 0 aliphatic rings. The van der Waals surface area contributed by atoms with Gasteiger partial charge in [-0.1, -0.05) is 0 Å². The molecule has 0 aliphatic heterocycles. The summed E-state index contributed by atoms with van der Waals surface area (Å²) in [6, 6.07) is 2.63. The third kappa shape index (κ3) is 3.08. The van der Waals surface area contributed by atoms with Crippen molar-refractivity contribution in [2.75, 3.05) is 22.9 Å². The van der Waals surface area contributed by atoms with E-state index in [4.69, 9.17) is 5.73 Å². The zero-order valence-corrected chi connectivity index (χ0v) is 10.5. The highest BCUT2D eigenvalue weighted by Crippen LogP contribution is 2.23. The standard InChI is InChI=1S/C12H12F3N5/c1-2-17-10-5-11(20-12(16)19-10)18-9-4-7(14)6(13)3-8(9)15/h3-5H,2H2,1H3,(H4,16,17,18,19,20). The molecule has 2 rings (SSSR count). The summed E-state index contributed by atoms with van der Waals surface area (Å²) in [7, 11) is 0. The molecule has 8 heteroatoms. The second-order valence-electron chi connectivity index (χ2n) is 3.90. The van der Waals surface area contributed by atoms with E-state index in [2.05, 4.69) is 20.6 Å². The zero-order valence-electron chi connectivity index (χ0n) is 10.5. The lowest BCUT2D eigenvalue weighted by molar-refractivity contribution is 0.496. The van der Waals surface area contributed by atoms with Gasteiger partial charge in [0.2, 0.25) is 5.95 Å². The quantitative estimate of drug-likeness (QED) is 0.752. The predicted molar refractivity (Wildman–Crippen MR) is 70.2 cm³/mol. The van der Waals surface area contributed by atoms with Crippen LogP contribution in [0, 0.1) is 17.5 Å². The van der Waals surface area contributed by atoms with Crippen LogP contribution in [0.2, 0.25) is 0 Å². The molecule has 4 N–H and O–H groups in total. The SMILES string of the molecule is CCNc1cc(Nc2cc(F)c(F)cc2F)nc(N)n1. The van der Waals surface area contributed by atoms with Crippen molar-refractivity contribution < 1.29 is 13.2 Å². The number of aromatic nitrogens is 2. The molecule has 0 atom stereocenters. The molecule has 0 radical (unpaired) electrons. The summed E-state index contributed by atoms with van der Waals surface area (Å²) in [5.41, 5.74) is 5.26. The number of nitrogens with zero attached hydrogens (tertiary/aromatic N) is 2. The molecule has 2 aromatic rings. The Kier molecular flexibility index (Phi) is 3.92. The summed E-state index contributed by atoms with van der Waals surface area (Å²) < 4.78 is 39.4. The molecule has 1 heterocycles. The first-order valence-electron chi connectivity index (χ1n) is 5.79. The van der Waals surface area contributed by atoms with Gasteiger partial charge in [0.05, 0.1) is 5.69 Å². The maximum atomic E-state index is 13.5. The highest BCUT2D eigenvalue weighted by Gasteiger charge is 2.11. The van der Waals surface area contributed by atoms with Gasteiger partial charge in [0.25, 0.3) is 0 Å². The fraction of sp³-hybridized carbons (Fsp3) is 0.167. The Morgan fingerprint density at radius 2 is 1.65 bits per heavy atom. The van der Waals surface area contributed by atoms with Crippen LogP contribution >= 0.6 is 0 Å². The number of anilines is 4. The number of halogens is 3. The number of benzene rings is 1. The number of hydrogen-bond donors (Lipinski definition) is 3. The minimum Gasteiger partial charge on any atom is -0.370 e. The summed E-state index contributed by atoms with van der Waals surface area (Å²) in [6.45, 7) is 2.47. The van der Waals surface area contributed by atoms with Crippen molar-refractivity contribution in [3.8, 4) is 0 Å². The molecule has 0 aliphatic carbocycles. The molecule has 0 unspecified atom stereocenters. The van der Waals surface area contributed by atoms with Gasteiger partial charge in [-0.25, -0.2) is 13.2 Å². The lowest BCUT2D eigenvalue weighted by atomic mass is 10.3. The molecular formula is C12H12F3N5. The van der Waals surface area contributed by atoms with Gasteiger partial charge in [0.15, 0.2) is 11.6 Å². The Labute approximate surface area is 113 Å². The van der Waals surface area contributed by atoms with Crippen molar-refractivity contribution in [3.63, 3.8) is 0 Å². The molecule has 0 spiro atoms. The van der Waals surface area contributed by atoms with Crippen LogP contribution < -0.4 is 16.4 Å². The number of hydrogen-bond acceptors (Lipinski definition) is 5. The number of rotatable bonds is 4. The Morgan fingerprint density at radius 3 is 2.35 bits per heavy atom. The van der Waals surface area contributed by atoms with Crippen molar-refractivity contribution in [1.82, 2.24) is 9.97 Å². The Morgan fingerprint density at radius 1 is 1.00 bits per heavy atom. The molecule has 0 saturated carbocycles. The third-order valence-corrected chi connectivity index (χ3v) is 2.37. The summed E-state index contributed by atoms with van der Waals surface area (Å²) in [5, 5.41) is 5.44. The maximum absolute atomic E-state index is 13.5. The van der Waals surface area contributed by atoms with Crippen LogP contribution in [0.5, 0.6) is 0 Å². The maximum Gasteiger partial charge on any atom is 0.223 e. The molecule has 1 aromatic heterocycles. The Bertz CT molecular complexity index is 633.